The molecule has 1 aromatic carbocycles. The SMILES string of the molecule is CCC1OCCC1C(=O)Cc1cccc(OC)c1. The van der Waals surface area contributed by atoms with E-state index in [1.165, 1.54) is 0 Å². The van der Waals surface area contributed by atoms with Crippen molar-refractivity contribution in [2.45, 2.75) is 32.3 Å². The average Bonchev–Trinajstić information content (AvgIpc) is 2.87. The van der Waals surface area contributed by atoms with Gasteiger partial charge in [-0.1, -0.05) is 19.1 Å². The highest BCUT2D eigenvalue weighted by Crippen LogP contribution is 2.26. The summed E-state index contributed by atoms with van der Waals surface area (Å²) in [6, 6.07) is 7.71. The van der Waals surface area contributed by atoms with E-state index in [2.05, 4.69) is 6.92 Å². The van der Waals surface area contributed by atoms with E-state index in [4.69, 9.17) is 9.47 Å². The van der Waals surface area contributed by atoms with Gasteiger partial charge < -0.3 is 9.47 Å². The fraction of sp³-hybridized carbons (Fsp3) is 0.533. The van der Waals surface area contributed by atoms with Crippen LogP contribution < -0.4 is 4.74 Å². The Bertz CT molecular complexity index is 414. The molecule has 1 aliphatic heterocycles. The minimum Gasteiger partial charge on any atom is -0.497 e. The van der Waals surface area contributed by atoms with Gasteiger partial charge in [-0.05, 0) is 30.5 Å². The summed E-state index contributed by atoms with van der Waals surface area (Å²) in [6.07, 6.45) is 2.36. The van der Waals surface area contributed by atoms with Gasteiger partial charge in [-0.15, -0.1) is 0 Å². The lowest BCUT2D eigenvalue weighted by Gasteiger charge is -2.15. The molecule has 0 aliphatic carbocycles. The zero-order chi connectivity index (χ0) is 13.0. The molecule has 0 aromatic heterocycles. The fourth-order valence-corrected chi connectivity index (χ4v) is 2.53. The summed E-state index contributed by atoms with van der Waals surface area (Å²) < 4.78 is 10.7. The van der Waals surface area contributed by atoms with E-state index in [0.29, 0.717) is 13.0 Å². The number of methoxy groups -OCH3 is 1. The maximum absolute atomic E-state index is 12.3. The molecule has 1 fully saturated rings. The summed E-state index contributed by atoms with van der Waals surface area (Å²) >= 11 is 0. The van der Waals surface area contributed by atoms with Crippen molar-refractivity contribution in [1.29, 1.82) is 0 Å². The van der Waals surface area contributed by atoms with Crippen LogP contribution in [0.15, 0.2) is 24.3 Å². The van der Waals surface area contributed by atoms with Crippen LogP contribution in [0.4, 0.5) is 0 Å². The van der Waals surface area contributed by atoms with Crippen molar-refractivity contribution in [2.75, 3.05) is 13.7 Å². The van der Waals surface area contributed by atoms with E-state index in [1.807, 2.05) is 24.3 Å². The summed E-state index contributed by atoms with van der Waals surface area (Å²) in [5, 5.41) is 0. The summed E-state index contributed by atoms with van der Waals surface area (Å²) in [4.78, 5) is 12.3. The Morgan fingerprint density at radius 2 is 2.33 bits per heavy atom. The number of Topliss-reactive ketones (excluding diaryl/α,β-unsaturated/α-hetero) is 1. The first-order valence-electron chi connectivity index (χ1n) is 6.51. The third-order valence-electron chi connectivity index (χ3n) is 3.54. The van der Waals surface area contributed by atoms with Crippen molar-refractivity contribution in [2.24, 2.45) is 5.92 Å². The molecule has 0 radical (unpaired) electrons. The van der Waals surface area contributed by atoms with Gasteiger partial charge in [0.05, 0.1) is 13.2 Å². The van der Waals surface area contributed by atoms with Crippen molar-refractivity contribution in [3.8, 4) is 5.75 Å². The van der Waals surface area contributed by atoms with Gasteiger partial charge in [0.15, 0.2) is 0 Å². The van der Waals surface area contributed by atoms with Crippen LogP contribution in [0.1, 0.15) is 25.3 Å². The third kappa shape index (κ3) is 2.91. The highest BCUT2D eigenvalue weighted by molar-refractivity contribution is 5.84. The van der Waals surface area contributed by atoms with E-state index in [9.17, 15) is 4.79 Å². The number of hydrogen-bond acceptors (Lipinski definition) is 3. The number of carbonyl (C=O) groups excluding carboxylic acids is 1. The molecule has 0 saturated carbocycles. The van der Waals surface area contributed by atoms with E-state index >= 15 is 0 Å². The van der Waals surface area contributed by atoms with E-state index in [1.54, 1.807) is 7.11 Å². The molecule has 2 unspecified atom stereocenters. The van der Waals surface area contributed by atoms with Crippen LogP contribution in [-0.2, 0) is 16.0 Å². The van der Waals surface area contributed by atoms with Crippen molar-refractivity contribution >= 4 is 5.78 Å². The molecule has 0 N–H and O–H groups in total. The fourth-order valence-electron chi connectivity index (χ4n) is 2.53. The Balaban J connectivity index is 2.02. The number of carbonyl (C=O) groups is 1. The number of hydrogen-bond donors (Lipinski definition) is 0. The van der Waals surface area contributed by atoms with Gasteiger partial charge >= 0.3 is 0 Å². The van der Waals surface area contributed by atoms with Crippen LogP contribution in [0.2, 0.25) is 0 Å². The van der Waals surface area contributed by atoms with Crippen LogP contribution >= 0.6 is 0 Å². The topological polar surface area (TPSA) is 35.5 Å². The quantitative estimate of drug-likeness (QED) is 0.803. The second-order valence-corrected chi connectivity index (χ2v) is 4.71. The molecule has 18 heavy (non-hydrogen) atoms. The third-order valence-corrected chi connectivity index (χ3v) is 3.54. The first-order chi connectivity index (χ1) is 8.74. The van der Waals surface area contributed by atoms with Crippen LogP contribution in [0.3, 0.4) is 0 Å². The molecule has 0 amide bonds. The van der Waals surface area contributed by atoms with E-state index in [-0.39, 0.29) is 17.8 Å². The van der Waals surface area contributed by atoms with Crippen LogP contribution in [0.25, 0.3) is 0 Å². The molecule has 3 nitrogen and oxygen atoms in total. The maximum Gasteiger partial charge on any atom is 0.143 e. The molecule has 98 valence electrons. The standard InChI is InChI=1S/C15H20O3/c1-3-15-13(7-8-18-15)14(16)10-11-5-4-6-12(9-11)17-2/h4-6,9,13,15H,3,7-8,10H2,1-2H3. The molecule has 1 aromatic rings. The lowest BCUT2D eigenvalue weighted by atomic mass is 9.91. The lowest BCUT2D eigenvalue weighted by Crippen LogP contribution is -2.25. The summed E-state index contributed by atoms with van der Waals surface area (Å²) in [5.74, 6) is 1.16. The summed E-state index contributed by atoms with van der Waals surface area (Å²) in [7, 11) is 1.64. The highest BCUT2D eigenvalue weighted by atomic mass is 16.5. The number of ether oxygens (including phenoxy) is 2. The second kappa shape index (κ2) is 6.01. The Kier molecular flexibility index (Phi) is 4.37. The van der Waals surface area contributed by atoms with Gasteiger partial charge in [0.25, 0.3) is 0 Å². The predicted molar refractivity (Wildman–Crippen MR) is 69.8 cm³/mol. The van der Waals surface area contributed by atoms with Crippen LogP contribution in [0, 0.1) is 5.92 Å². The predicted octanol–water partition coefficient (Wildman–Crippen LogP) is 2.62. The first kappa shape index (κ1) is 13.1. The molecule has 0 bridgehead atoms. The minimum absolute atomic E-state index is 0.0706. The Labute approximate surface area is 108 Å². The van der Waals surface area contributed by atoms with Crippen molar-refractivity contribution in [1.82, 2.24) is 0 Å². The molecule has 2 rings (SSSR count). The van der Waals surface area contributed by atoms with Crippen LogP contribution in [-0.4, -0.2) is 25.6 Å². The zero-order valence-corrected chi connectivity index (χ0v) is 11.0. The van der Waals surface area contributed by atoms with Crippen molar-refractivity contribution in [3.05, 3.63) is 29.8 Å². The molecule has 2 atom stereocenters. The van der Waals surface area contributed by atoms with Gasteiger partial charge in [-0.25, -0.2) is 0 Å². The maximum atomic E-state index is 12.3. The summed E-state index contributed by atoms with van der Waals surface area (Å²) in [6.45, 7) is 2.79. The smallest absolute Gasteiger partial charge is 0.143 e. The highest BCUT2D eigenvalue weighted by Gasteiger charge is 2.32. The number of ketones is 1. The van der Waals surface area contributed by atoms with Crippen LogP contribution in [0.5, 0.6) is 5.75 Å². The molecular formula is C15H20O3. The monoisotopic (exact) mass is 248 g/mol. The average molecular weight is 248 g/mol. The molecule has 3 heteroatoms. The molecule has 0 spiro atoms. The molecule has 1 saturated heterocycles. The Morgan fingerprint density at radius 1 is 1.50 bits per heavy atom. The van der Waals surface area contributed by atoms with E-state index in [0.717, 1.165) is 24.2 Å². The van der Waals surface area contributed by atoms with Gasteiger partial charge in [0, 0.05) is 18.9 Å². The minimum atomic E-state index is 0.0706. The molecular weight excluding hydrogens is 228 g/mol. The Hall–Kier alpha value is -1.35. The largest absolute Gasteiger partial charge is 0.497 e. The normalized spacial score (nSPS) is 23.0. The van der Waals surface area contributed by atoms with Crippen molar-refractivity contribution in [3.63, 3.8) is 0 Å². The van der Waals surface area contributed by atoms with Crippen molar-refractivity contribution < 1.29 is 14.3 Å². The summed E-state index contributed by atoms with van der Waals surface area (Å²) in [5.41, 5.74) is 1.01. The lowest BCUT2D eigenvalue weighted by molar-refractivity contribution is -0.123. The van der Waals surface area contributed by atoms with Gasteiger partial charge in [-0.3, -0.25) is 4.79 Å². The number of benzene rings is 1. The Morgan fingerprint density at radius 3 is 3.06 bits per heavy atom. The van der Waals surface area contributed by atoms with Gasteiger partial charge in [-0.2, -0.15) is 0 Å². The zero-order valence-electron chi connectivity index (χ0n) is 11.0. The number of rotatable bonds is 5. The van der Waals surface area contributed by atoms with E-state index < -0.39 is 0 Å². The first-order valence-corrected chi connectivity index (χ1v) is 6.51. The van der Waals surface area contributed by atoms with Gasteiger partial charge in [0.2, 0.25) is 0 Å². The molecule has 1 heterocycles. The second-order valence-electron chi connectivity index (χ2n) is 4.71. The van der Waals surface area contributed by atoms with Gasteiger partial charge in [0.1, 0.15) is 11.5 Å². The molecule has 1 aliphatic rings.